The predicted octanol–water partition coefficient (Wildman–Crippen LogP) is -0.923. The molecule has 0 amide bonds. The molecule has 4 heteroatoms. The third kappa shape index (κ3) is 1.20. The normalized spacial score (nSPS) is 43.7. The minimum absolute atomic E-state index is 0.105. The summed E-state index contributed by atoms with van der Waals surface area (Å²) in [6, 6.07) is 0. The number of alkyl halides is 1. The van der Waals surface area contributed by atoms with Gasteiger partial charge in [-0.3, -0.25) is 0 Å². The van der Waals surface area contributed by atoms with E-state index in [-0.39, 0.29) is 13.2 Å². The number of halogens is 1. The molecule has 0 unspecified atom stereocenters. The molecule has 1 aliphatic rings. The number of ether oxygens (including phenoxy) is 1. The van der Waals surface area contributed by atoms with E-state index in [1.165, 1.54) is 0 Å². The monoisotopic (exact) mass is 136 g/mol. The molecule has 1 heterocycles. The molecule has 54 valence electrons. The van der Waals surface area contributed by atoms with Gasteiger partial charge in [-0.1, -0.05) is 0 Å². The Hall–Kier alpha value is -0.190. The van der Waals surface area contributed by atoms with Crippen LogP contribution in [0.2, 0.25) is 0 Å². The number of aliphatic hydroxyl groups is 2. The molecule has 3 nitrogen and oxygen atoms in total. The predicted molar refractivity (Wildman–Crippen MR) is 27.7 cm³/mol. The summed E-state index contributed by atoms with van der Waals surface area (Å²) in [5, 5.41) is 17.2. The average Bonchev–Trinajstić information content (AvgIpc) is 2.15. The molecule has 9 heavy (non-hydrogen) atoms. The smallest absolute Gasteiger partial charge is 0.152 e. The van der Waals surface area contributed by atoms with Gasteiger partial charge in [0.1, 0.15) is 12.2 Å². The molecule has 0 aromatic rings. The topological polar surface area (TPSA) is 49.7 Å². The van der Waals surface area contributed by atoms with Crippen LogP contribution in [0.4, 0.5) is 4.39 Å². The van der Waals surface area contributed by atoms with Gasteiger partial charge in [-0.05, 0) is 0 Å². The summed E-state index contributed by atoms with van der Waals surface area (Å²) in [7, 11) is 0. The van der Waals surface area contributed by atoms with Gasteiger partial charge >= 0.3 is 0 Å². The molecule has 0 radical (unpaired) electrons. The SMILES string of the molecule is OC[C@H]1OC[C@H](F)[C@H]1O. The zero-order valence-electron chi connectivity index (χ0n) is 4.83. The lowest BCUT2D eigenvalue weighted by Gasteiger charge is -2.09. The Labute approximate surface area is 52.1 Å². The molecule has 1 saturated heterocycles. The van der Waals surface area contributed by atoms with Gasteiger partial charge in [-0.2, -0.15) is 0 Å². The van der Waals surface area contributed by atoms with E-state index in [0.29, 0.717) is 0 Å². The highest BCUT2D eigenvalue weighted by Gasteiger charge is 2.35. The average molecular weight is 136 g/mol. The summed E-state index contributed by atoms with van der Waals surface area (Å²) in [5.74, 6) is 0. The second kappa shape index (κ2) is 2.60. The van der Waals surface area contributed by atoms with Crippen molar-refractivity contribution in [3.05, 3.63) is 0 Å². The van der Waals surface area contributed by atoms with Gasteiger partial charge < -0.3 is 14.9 Å². The van der Waals surface area contributed by atoms with Crippen LogP contribution in [0.5, 0.6) is 0 Å². The van der Waals surface area contributed by atoms with E-state index >= 15 is 0 Å². The lowest BCUT2D eigenvalue weighted by molar-refractivity contribution is 0.000304. The molecule has 2 N–H and O–H groups in total. The first-order valence-electron chi connectivity index (χ1n) is 2.80. The maximum atomic E-state index is 12.3. The van der Waals surface area contributed by atoms with E-state index in [1.807, 2.05) is 0 Å². The molecular formula is C5H9FO3. The van der Waals surface area contributed by atoms with Crippen molar-refractivity contribution in [1.29, 1.82) is 0 Å². The van der Waals surface area contributed by atoms with Crippen LogP contribution >= 0.6 is 0 Å². The van der Waals surface area contributed by atoms with Gasteiger partial charge in [0.05, 0.1) is 13.2 Å². The van der Waals surface area contributed by atoms with Crippen LogP contribution in [-0.4, -0.2) is 41.8 Å². The summed E-state index contributed by atoms with van der Waals surface area (Å²) in [4.78, 5) is 0. The molecule has 0 aromatic carbocycles. The van der Waals surface area contributed by atoms with Crippen LogP contribution in [0.25, 0.3) is 0 Å². The number of rotatable bonds is 1. The van der Waals surface area contributed by atoms with Crippen molar-refractivity contribution < 1.29 is 19.3 Å². The Morgan fingerprint density at radius 1 is 1.67 bits per heavy atom. The first-order valence-corrected chi connectivity index (χ1v) is 2.80. The van der Waals surface area contributed by atoms with Gasteiger partial charge in [0.15, 0.2) is 6.17 Å². The Morgan fingerprint density at radius 2 is 2.33 bits per heavy atom. The van der Waals surface area contributed by atoms with Crippen molar-refractivity contribution in [3.63, 3.8) is 0 Å². The lowest BCUT2D eigenvalue weighted by Crippen LogP contribution is -2.29. The van der Waals surface area contributed by atoms with E-state index in [1.54, 1.807) is 0 Å². The first kappa shape index (κ1) is 6.92. The molecule has 0 saturated carbocycles. The Bertz CT molecular complexity index is 98.2. The van der Waals surface area contributed by atoms with Crippen molar-refractivity contribution in [1.82, 2.24) is 0 Å². The number of hydrogen-bond acceptors (Lipinski definition) is 3. The van der Waals surface area contributed by atoms with E-state index in [4.69, 9.17) is 10.2 Å². The summed E-state index contributed by atoms with van der Waals surface area (Å²) >= 11 is 0. The highest BCUT2D eigenvalue weighted by Crippen LogP contribution is 2.15. The highest BCUT2D eigenvalue weighted by molar-refractivity contribution is 4.82. The quantitative estimate of drug-likeness (QED) is 0.490. The summed E-state index contributed by atoms with van der Waals surface area (Å²) in [5.41, 5.74) is 0. The minimum atomic E-state index is -1.33. The molecule has 0 bridgehead atoms. The fourth-order valence-electron chi connectivity index (χ4n) is 0.806. The Morgan fingerprint density at radius 3 is 2.56 bits per heavy atom. The van der Waals surface area contributed by atoms with Gasteiger partial charge in [0.25, 0.3) is 0 Å². The second-order valence-corrected chi connectivity index (χ2v) is 2.06. The van der Waals surface area contributed by atoms with Gasteiger partial charge in [-0.15, -0.1) is 0 Å². The van der Waals surface area contributed by atoms with Crippen LogP contribution in [0.1, 0.15) is 0 Å². The molecule has 3 atom stereocenters. The number of aliphatic hydroxyl groups excluding tert-OH is 2. The molecular weight excluding hydrogens is 127 g/mol. The van der Waals surface area contributed by atoms with E-state index in [9.17, 15) is 4.39 Å². The van der Waals surface area contributed by atoms with Crippen molar-refractivity contribution in [3.8, 4) is 0 Å². The van der Waals surface area contributed by atoms with E-state index < -0.39 is 18.4 Å². The van der Waals surface area contributed by atoms with E-state index in [0.717, 1.165) is 0 Å². The number of hydrogen-bond donors (Lipinski definition) is 2. The minimum Gasteiger partial charge on any atom is -0.394 e. The highest BCUT2D eigenvalue weighted by atomic mass is 19.1. The summed E-state index contributed by atoms with van der Waals surface area (Å²) in [6.07, 6.45) is -3.20. The van der Waals surface area contributed by atoms with Crippen molar-refractivity contribution in [2.24, 2.45) is 0 Å². The molecule has 1 aliphatic heterocycles. The van der Waals surface area contributed by atoms with Gasteiger partial charge in [0.2, 0.25) is 0 Å². The lowest BCUT2D eigenvalue weighted by atomic mass is 10.2. The third-order valence-electron chi connectivity index (χ3n) is 1.40. The standard InChI is InChI=1S/C5H9FO3/c6-3-2-9-4(1-7)5(3)8/h3-5,7-8H,1-2H2/t3-,4+,5+/m0/s1. The summed E-state index contributed by atoms with van der Waals surface area (Å²) in [6.45, 7) is -0.423. The van der Waals surface area contributed by atoms with Gasteiger partial charge in [0, 0.05) is 0 Å². The zero-order valence-corrected chi connectivity index (χ0v) is 4.83. The molecule has 0 aromatic heterocycles. The molecule has 0 aliphatic carbocycles. The van der Waals surface area contributed by atoms with Crippen molar-refractivity contribution in [2.45, 2.75) is 18.4 Å². The van der Waals surface area contributed by atoms with Crippen LogP contribution in [0, 0.1) is 0 Å². The fraction of sp³-hybridized carbons (Fsp3) is 1.00. The van der Waals surface area contributed by atoms with Crippen LogP contribution in [0.3, 0.4) is 0 Å². The second-order valence-electron chi connectivity index (χ2n) is 2.06. The zero-order chi connectivity index (χ0) is 6.85. The summed E-state index contributed by atoms with van der Waals surface area (Å²) < 4.78 is 16.9. The maximum Gasteiger partial charge on any atom is 0.152 e. The fourth-order valence-corrected chi connectivity index (χ4v) is 0.806. The van der Waals surface area contributed by atoms with Crippen molar-refractivity contribution >= 4 is 0 Å². The molecule has 1 rings (SSSR count). The third-order valence-corrected chi connectivity index (χ3v) is 1.40. The van der Waals surface area contributed by atoms with Crippen molar-refractivity contribution in [2.75, 3.05) is 13.2 Å². The maximum absolute atomic E-state index is 12.3. The Kier molecular flexibility index (Phi) is 2.00. The first-order chi connectivity index (χ1) is 4.25. The van der Waals surface area contributed by atoms with Crippen LogP contribution in [0.15, 0.2) is 0 Å². The largest absolute Gasteiger partial charge is 0.394 e. The molecule has 1 fully saturated rings. The molecule has 0 spiro atoms. The van der Waals surface area contributed by atoms with E-state index in [2.05, 4.69) is 4.74 Å². The Balaban J connectivity index is 2.41. The van der Waals surface area contributed by atoms with Crippen LogP contribution in [-0.2, 0) is 4.74 Å². The van der Waals surface area contributed by atoms with Crippen LogP contribution < -0.4 is 0 Å². The van der Waals surface area contributed by atoms with Gasteiger partial charge in [-0.25, -0.2) is 4.39 Å².